The largest absolute Gasteiger partial charge is 0.493 e. The predicted molar refractivity (Wildman–Crippen MR) is 139 cm³/mol. The van der Waals surface area contributed by atoms with E-state index >= 15 is 0 Å². The number of aryl methyl sites for hydroxylation is 2. The Morgan fingerprint density at radius 2 is 1.72 bits per heavy atom. The number of ether oxygens (including phenoxy) is 2. The number of hydrazone groups is 1. The monoisotopic (exact) mass is 508 g/mol. The molecule has 3 aromatic rings. The minimum Gasteiger partial charge on any atom is -0.493 e. The maximum atomic E-state index is 12.4. The van der Waals surface area contributed by atoms with E-state index < -0.39 is 11.8 Å². The second-order valence-corrected chi connectivity index (χ2v) is 8.05. The number of amides is 3. The maximum Gasteiger partial charge on any atom is 0.329 e. The summed E-state index contributed by atoms with van der Waals surface area (Å²) in [6.07, 6.45) is 1.28. The van der Waals surface area contributed by atoms with E-state index in [0.29, 0.717) is 27.7 Å². The number of benzene rings is 3. The molecule has 3 N–H and O–H groups in total. The predicted octanol–water partition coefficient (Wildman–Crippen LogP) is 4.07. The van der Waals surface area contributed by atoms with Gasteiger partial charge in [0.2, 0.25) is 0 Å². The fourth-order valence-electron chi connectivity index (χ4n) is 3.06. The van der Waals surface area contributed by atoms with Crippen molar-refractivity contribution < 1.29 is 23.9 Å². The van der Waals surface area contributed by atoms with Gasteiger partial charge in [-0.15, -0.1) is 0 Å². The number of hydrogen-bond donors (Lipinski definition) is 3. The number of carbonyl (C=O) groups excluding carboxylic acids is 3. The number of nitrogens with zero attached hydrogens (tertiary/aromatic N) is 1. The summed E-state index contributed by atoms with van der Waals surface area (Å²) in [6, 6.07) is 17.3. The topological polar surface area (TPSA) is 118 Å². The molecule has 0 fully saturated rings. The molecule has 3 rings (SSSR count). The second kappa shape index (κ2) is 12.4. The Morgan fingerprint density at radius 3 is 2.44 bits per heavy atom. The first-order valence-electron chi connectivity index (χ1n) is 10.8. The molecular formula is C26H25ClN4O5. The smallest absolute Gasteiger partial charge is 0.329 e. The van der Waals surface area contributed by atoms with Crippen molar-refractivity contribution in [3.63, 3.8) is 0 Å². The fourth-order valence-corrected chi connectivity index (χ4v) is 3.24. The molecule has 186 valence electrons. The molecule has 3 aromatic carbocycles. The molecule has 0 bridgehead atoms. The molecule has 0 aromatic heterocycles. The van der Waals surface area contributed by atoms with Crippen LogP contribution >= 0.6 is 11.6 Å². The van der Waals surface area contributed by atoms with Crippen LogP contribution in [0.3, 0.4) is 0 Å². The van der Waals surface area contributed by atoms with E-state index in [0.717, 1.165) is 11.1 Å². The third-order valence-electron chi connectivity index (χ3n) is 5.00. The van der Waals surface area contributed by atoms with Crippen LogP contribution in [0.2, 0.25) is 5.02 Å². The number of methoxy groups -OCH3 is 1. The number of carbonyl (C=O) groups is 3. The lowest BCUT2D eigenvalue weighted by molar-refractivity contribution is -0.136. The van der Waals surface area contributed by atoms with Gasteiger partial charge >= 0.3 is 11.8 Å². The van der Waals surface area contributed by atoms with Gasteiger partial charge in [0.1, 0.15) is 0 Å². The minimum absolute atomic E-state index is 0.247. The van der Waals surface area contributed by atoms with Crippen molar-refractivity contribution in [2.45, 2.75) is 13.8 Å². The lowest BCUT2D eigenvalue weighted by Gasteiger charge is -2.13. The molecule has 3 amide bonds. The SMILES string of the molecule is COc1cccc(/C=N\NC(=O)C(=O)Nc2ccc(C)c(Cl)c2)c1OCC(=O)Nc1ccccc1C. The molecule has 0 aliphatic heterocycles. The Kier molecular flexibility index (Phi) is 9.01. The lowest BCUT2D eigenvalue weighted by Crippen LogP contribution is -2.32. The van der Waals surface area contributed by atoms with Gasteiger partial charge in [0.05, 0.1) is 13.3 Å². The van der Waals surface area contributed by atoms with Crippen LogP contribution in [0.15, 0.2) is 65.8 Å². The van der Waals surface area contributed by atoms with Gasteiger partial charge < -0.3 is 20.1 Å². The zero-order valence-electron chi connectivity index (χ0n) is 19.9. The molecule has 0 aliphatic carbocycles. The minimum atomic E-state index is -0.981. The summed E-state index contributed by atoms with van der Waals surface area (Å²) in [5.41, 5.74) is 5.39. The molecule has 0 aliphatic rings. The summed E-state index contributed by atoms with van der Waals surface area (Å²) < 4.78 is 11.0. The molecule has 36 heavy (non-hydrogen) atoms. The number of rotatable bonds is 8. The first-order valence-corrected chi connectivity index (χ1v) is 11.2. The van der Waals surface area contributed by atoms with Crippen molar-refractivity contribution in [2.75, 3.05) is 24.4 Å². The van der Waals surface area contributed by atoms with Crippen LogP contribution in [-0.2, 0) is 14.4 Å². The van der Waals surface area contributed by atoms with E-state index in [1.807, 2.05) is 32.0 Å². The molecular weight excluding hydrogens is 484 g/mol. The van der Waals surface area contributed by atoms with Gasteiger partial charge in [0.25, 0.3) is 5.91 Å². The summed E-state index contributed by atoms with van der Waals surface area (Å²) in [5, 5.41) is 9.53. The quantitative estimate of drug-likeness (QED) is 0.241. The van der Waals surface area contributed by atoms with E-state index in [1.54, 1.807) is 42.5 Å². The standard InChI is InChI=1S/C26H25ClN4O5/c1-16-11-12-19(13-20(16)27)29-25(33)26(34)31-28-14-18-8-6-10-22(35-3)24(18)36-15-23(32)30-21-9-5-4-7-17(21)2/h4-14H,15H2,1-3H3,(H,29,33)(H,30,32)(H,31,34)/b28-14-. The Hall–Kier alpha value is -4.37. The zero-order chi connectivity index (χ0) is 26.1. The van der Waals surface area contributed by atoms with Crippen LogP contribution in [0.1, 0.15) is 16.7 Å². The number of hydrogen-bond acceptors (Lipinski definition) is 6. The molecule has 0 spiro atoms. The van der Waals surface area contributed by atoms with Crippen LogP contribution < -0.4 is 25.5 Å². The van der Waals surface area contributed by atoms with Gasteiger partial charge in [0, 0.05) is 22.0 Å². The Balaban J connectivity index is 1.63. The number of para-hydroxylation sites is 2. The third-order valence-corrected chi connectivity index (χ3v) is 5.41. The lowest BCUT2D eigenvalue weighted by atomic mass is 10.2. The summed E-state index contributed by atoms with van der Waals surface area (Å²) >= 11 is 6.04. The Morgan fingerprint density at radius 1 is 0.944 bits per heavy atom. The molecule has 10 heteroatoms. The highest BCUT2D eigenvalue weighted by Gasteiger charge is 2.15. The molecule has 0 atom stereocenters. The van der Waals surface area contributed by atoms with E-state index in [2.05, 4.69) is 21.2 Å². The van der Waals surface area contributed by atoms with Gasteiger partial charge in [0.15, 0.2) is 18.1 Å². The molecule has 9 nitrogen and oxygen atoms in total. The number of anilines is 2. The molecule has 0 unspecified atom stereocenters. The highest BCUT2D eigenvalue weighted by Crippen LogP contribution is 2.30. The summed E-state index contributed by atoms with van der Waals surface area (Å²) in [5.74, 6) is -1.65. The van der Waals surface area contributed by atoms with Gasteiger partial charge in [-0.3, -0.25) is 14.4 Å². The van der Waals surface area contributed by atoms with Crippen LogP contribution in [-0.4, -0.2) is 37.7 Å². The van der Waals surface area contributed by atoms with Crippen molar-refractivity contribution >= 4 is 46.9 Å². The molecule has 0 saturated heterocycles. The van der Waals surface area contributed by atoms with E-state index in [4.69, 9.17) is 21.1 Å². The van der Waals surface area contributed by atoms with Crippen molar-refractivity contribution in [2.24, 2.45) is 5.10 Å². The van der Waals surface area contributed by atoms with Crippen molar-refractivity contribution in [3.8, 4) is 11.5 Å². The summed E-state index contributed by atoms with van der Waals surface area (Å²) in [6.45, 7) is 3.42. The van der Waals surface area contributed by atoms with E-state index in [9.17, 15) is 14.4 Å². The van der Waals surface area contributed by atoms with Gasteiger partial charge in [-0.05, 0) is 55.3 Å². The first-order chi connectivity index (χ1) is 17.3. The fraction of sp³-hybridized carbons (Fsp3) is 0.154. The van der Waals surface area contributed by atoms with E-state index in [-0.39, 0.29) is 18.3 Å². The third kappa shape index (κ3) is 7.07. The van der Waals surface area contributed by atoms with E-state index in [1.165, 1.54) is 13.3 Å². The molecule has 0 radical (unpaired) electrons. The van der Waals surface area contributed by atoms with Gasteiger partial charge in [-0.25, -0.2) is 5.43 Å². The van der Waals surface area contributed by atoms with Gasteiger partial charge in [-0.2, -0.15) is 5.10 Å². The second-order valence-electron chi connectivity index (χ2n) is 7.65. The maximum absolute atomic E-state index is 12.4. The van der Waals surface area contributed by atoms with Crippen LogP contribution in [0.4, 0.5) is 11.4 Å². The normalized spacial score (nSPS) is 10.6. The summed E-state index contributed by atoms with van der Waals surface area (Å²) in [4.78, 5) is 36.7. The average Bonchev–Trinajstić information content (AvgIpc) is 2.86. The Labute approximate surface area is 213 Å². The van der Waals surface area contributed by atoms with Crippen molar-refractivity contribution in [1.29, 1.82) is 0 Å². The molecule has 0 saturated carbocycles. The zero-order valence-corrected chi connectivity index (χ0v) is 20.7. The molecule has 0 heterocycles. The Bertz CT molecular complexity index is 1310. The first kappa shape index (κ1) is 26.2. The highest BCUT2D eigenvalue weighted by molar-refractivity contribution is 6.39. The van der Waals surface area contributed by atoms with Crippen molar-refractivity contribution in [1.82, 2.24) is 5.43 Å². The van der Waals surface area contributed by atoms with Crippen LogP contribution in [0, 0.1) is 13.8 Å². The van der Waals surface area contributed by atoms with Crippen molar-refractivity contribution in [3.05, 3.63) is 82.4 Å². The van der Waals surface area contributed by atoms with Gasteiger partial charge in [-0.1, -0.05) is 41.9 Å². The van der Waals surface area contributed by atoms with Crippen LogP contribution in [0.25, 0.3) is 0 Å². The van der Waals surface area contributed by atoms with Crippen LogP contribution in [0.5, 0.6) is 11.5 Å². The highest BCUT2D eigenvalue weighted by atomic mass is 35.5. The number of halogens is 1. The average molecular weight is 509 g/mol. The summed E-state index contributed by atoms with van der Waals surface area (Å²) in [7, 11) is 1.46. The number of nitrogens with one attached hydrogen (secondary N) is 3.